The van der Waals surface area contributed by atoms with Crippen LogP contribution in [-0.4, -0.2) is 40.3 Å². The van der Waals surface area contributed by atoms with Gasteiger partial charge in [0, 0.05) is 18.7 Å². The average Bonchev–Trinajstić information content (AvgIpc) is 2.97. The number of hydrogen-bond acceptors (Lipinski definition) is 4. The second-order valence-corrected chi connectivity index (χ2v) is 4.45. The van der Waals surface area contributed by atoms with Crippen molar-refractivity contribution in [3.63, 3.8) is 0 Å². The minimum atomic E-state index is -0.0591. The van der Waals surface area contributed by atoms with Gasteiger partial charge in [-0.1, -0.05) is 6.92 Å². The van der Waals surface area contributed by atoms with Crippen molar-refractivity contribution in [2.45, 2.75) is 13.8 Å². The molecular formula is C14H19N5O. The van der Waals surface area contributed by atoms with Crippen molar-refractivity contribution in [1.82, 2.24) is 25.4 Å². The zero-order valence-corrected chi connectivity index (χ0v) is 11.8. The highest BCUT2D eigenvalue weighted by molar-refractivity contribution is 5.94. The third kappa shape index (κ3) is 3.42. The van der Waals surface area contributed by atoms with E-state index in [9.17, 15) is 4.79 Å². The predicted octanol–water partition coefficient (Wildman–Crippen LogP) is 0.915. The molecule has 0 aliphatic carbocycles. The lowest BCUT2D eigenvalue weighted by atomic mass is 10.1. The molecule has 2 N–H and O–H groups in total. The zero-order valence-electron chi connectivity index (χ0n) is 11.8. The maximum Gasteiger partial charge on any atom is 0.251 e. The van der Waals surface area contributed by atoms with E-state index in [1.807, 2.05) is 26.0 Å². The Bertz CT molecular complexity index is 565. The van der Waals surface area contributed by atoms with Gasteiger partial charge < -0.3 is 10.6 Å². The van der Waals surface area contributed by atoms with Crippen molar-refractivity contribution in [3.05, 3.63) is 42.0 Å². The summed E-state index contributed by atoms with van der Waals surface area (Å²) in [6, 6.07) is 5.54. The third-order valence-corrected chi connectivity index (χ3v) is 2.96. The van der Waals surface area contributed by atoms with Crippen LogP contribution < -0.4 is 10.6 Å². The smallest absolute Gasteiger partial charge is 0.251 e. The Hall–Kier alpha value is -2.21. The van der Waals surface area contributed by atoms with E-state index >= 15 is 0 Å². The number of hydrogen-bond donors (Lipinski definition) is 2. The minimum Gasteiger partial charge on any atom is -0.351 e. The Labute approximate surface area is 118 Å². The van der Waals surface area contributed by atoms with Gasteiger partial charge in [-0.05, 0) is 37.2 Å². The fraction of sp³-hybridized carbons (Fsp3) is 0.357. The van der Waals surface area contributed by atoms with E-state index in [0.29, 0.717) is 12.1 Å². The maximum atomic E-state index is 12.0. The van der Waals surface area contributed by atoms with E-state index in [0.717, 1.165) is 24.3 Å². The molecule has 0 spiro atoms. The van der Waals surface area contributed by atoms with Crippen LogP contribution in [-0.2, 0) is 0 Å². The largest absolute Gasteiger partial charge is 0.351 e. The first kappa shape index (κ1) is 14.2. The molecule has 1 aromatic heterocycles. The van der Waals surface area contributed by atoms with E-state index in [1.165, 1.54) is 6.33 Å². The van der Waals surface area contributed by atoms with Crippen LogP contribution in [0.15, 0.2) is 30.9 Å². The summed E-state index contributed by atoms with van der Waals surface area (Å²) in [6.45, 7) is 6.29. The van der Waals surface area contributed by atoms with Crippen molar-refractivity contribution in [2.75, 3.05) is 19.6 Å². The molecule has 1 amide bonds. The van der Waals surface area contributed by atoms with Crippen molar-refractivity contribution in [3.8, 4) is 5.69 Å². The van der Waals surface area contributed by atoms with Crippen LogP contribution in [0.25, 0.3) is 5.69 Å². The van der Waals surface area contributed by atoms with E-state index < -0.39 is 0 Å². The predicted molar refractivity (Wildman–Crippen MR) is 77.0 cm³/mol. The van der Waals surface area contributed by atoms with Crippen LogP contribution in [0.4, 0.5) is 0 Å². The van der Waals surface area contributed by atoms with Crippen LogP contribution in [0, 0.1) is 6.92 Å². The maximum absolute atomic E-state index is 12.0. The van der Waals surface area contributed by atoms with Crippen LogP contribution in [0.1, 0.15) is 22.8 Å². The molecule has 2 aromatic rings. The lowest BCUT2D eigenvalue weighted by Crippen LogP contribution is -2.31. The second-order valence-electron chi connectivity index (χ2n) is 4.45. The lowest BCUT2D eigenvalue weighted by molar-refractivity contribution is 0.0954. The Balaban J connectivity index is 2.03. The summed E-state index contributed by atoms with van der Waals surface area (Å²) < 4.78 is 1.68. The summed E-state index contributed by atoms with van der Waals surface area (Å²) in [5.74, 6) is -0.0591. The molecule has 1 heterocycles. The monoisotopic (exact) mass is 273 g/mol. The van der Waals surface area contributed by atoms with E-state index in [4.69, 9.17) is 0 Å². The van der Waals surface area contributed by atoms with Gasteiger partial charge in [0.05, 0.1) is 5.69 Å². The summed E-state index contributed by atoms with van der Waals surface area (Å²) in [6.07, 6.45) is 3.12. The van der Waals surface area contributed by atoms with Gasteiger partial charge >= 0.3 is 0 Å². The second kappa shape index (κ2) is 6.81. The fourth-order valence-electron chi connectivity index (χ4n) is 1.93. The van der Waals surface area contributed by atoms with Crippen molar-refractivity contribution < 1.29 is 4.79 Å². The Kier molecular flexibility index (Phi) is 4.84. The number of amides is 1. The van der Waals surface area contributed by atoms with E-state index in [-0.39, 0.29) is 5.91 Å². The Morgan fingerprint density at radius 3 is 2.85 bits per heavy atom. The van der Waals surface area contributed by atoms with Crippen LogP contribution in [0.3, 0.4) is 0 Å². The van der Waals surface area contributed by atoms with Gasteiger partial charge in [-0.2, -0.15) is 5.10 Å². The summed E-state index contributed by atoms with van der Waals surface area (Å²) >= 11 is 0. The highest BCUT2D eigenvalue weighted by Gasteiger charge is 2.08. The summed E-state index contributed by atoms with van der Waals surface area (Å²) in [5, 5.41) is 10.1. The van der Waals surface area contributed by atoms with Gasteiger partial charge in [0.2, 0.25) is 0 Å². The van der Waals surface area contributed by atoms with Crippen molar-refractivity contribution >= 4 is 5.91 Å². The van der Waals surface area contributed by atoms with Gasteiger partial charge in [-0.3, -0.25) is 4.79 Å². The summed E-state index contributed by atoms with van der Waals surface area (Å²) in [7, 11) is 0. The molecule has 20 heavy (non-hydrogen) atoms. The molecule has 106 valence electrons. The van der Waals surface area contributed by atoms with Crippen molar-refractivity contribution in [2.24, 2.45) is 0 Å². The minimum absolute atomic E-state index is 0.0591. The Morgan fingerprint density at radius 2 is 2.20 bits per heavy atom. The van der Waals surface area contributed by atoms with Gasteiger partial charge in [-0.15, -0.1) is 0 Å². The van der Waals surface area contributed by atoms with Gasteiger partial charge in [0.25, 0.3) is 5.91 Å². The number of carbonyl (C=O) groups is 1. The number of aromatic nitrogens is 3. The first-order valence-electron chi connectivity index (χ1n) is 6.67. The normalized spacial score (nSPS) is 10.5. The summed E-state index contributed by atoms with van der Waals surface area (Å²) in [4.78, 5) is 15.9. The number of nitrogens with zero attached hydrogens (tertiary/aromatic N) is 3. The highest BCUT2D eigenvalue weighted by Crippen LogP contribution is 2.14. The van der Waals surface area contributed by atoms with Gasteiger partial charge in [0.1, 0.15) is 12.7 Å². The molecule has 1 aromatic carbocycles. The quantitative estimate of drug-likeness (QED) is 0.768. The standard InChI is InChI=1S/C14H19N5O/c1-3-15-6-7-17-14(20)12-4-5-13(11(2)8-12)19-10-16-9-18-19/h4-5,8-10,15H,3,6-7H2,1-2H3,(H,17,20). The van der Waals surface area contributed by atoms with Crippen LogP contribution in [0.2, 0.25) is 0 Å². The van der Waals surface area contributed by atoms with Crippen molar-refractivity contribution in [1.29, 1.82) is 0 Å². The third-order valence-electron chi connectivity index (χ3n) is 2.96. The van der Waals surface area contributed by atoms with Crippen LogP contribution in [0.5, 0.6) is 0 Å². The number of likely N-dealkylation sites (N-methyl/N-ethyl adjacent to an activating group) is 1. The topological polar surface area (TPSA) is 71.8 Å². The molecule has 6 nitrogen and oxygen atoms in total. The van der Waals surface area contributed by atoms with Gasteiger partial charge in [0.15, 0.2) is 0 Å². The average molecular weight is 273 g/mol. The molecular weight excluding hydrogens is 254 g/mol. The fourth-order valence-corrected chi connectivity index (χ4v) is 1.93. The molecule has 0 unspecified atom stereocenters. The number of benzene rings is 1. The SMILES string of the molecule is CCNCCNC(=O)c1ccc(-n2cncn2)c(C)c1. The van der Waals surface area contributed by atoms with E-state index in [1.54, 1.807) is 17.1 Å². The van der Waals surface area contributed by atoms with Crippen LogP contribution >= 0.6 is 0 Å². The number of rotatable bonds is 6. The molecule has 6 heteroatoms. The molecule has 0 radical (unpaired) electrons. The van der Waals surface area contributed by atoms with E-state index in [2.05, 4.69) is 20.7 Å². The number of nitrogens with one attached hydrogen (secondary N) is 2. The first-order valence-corrected chi connectivity index (χ1v) is 6.67. The molecule has 0 aliphatic rings. The van der Waals surface area contributed by atoms with Gasteiger partial charge in [-0.25, -0.2) is 9.67 Å². The first-order chi connectivity index (χ1) is 9.72. The zero-order chi connectivity index (χ0) is 14.4. The lowest BCUT2D eigenvalue weighted by Gasteiger charge is -2.09. The summed E-state index contributed by atoms with van der Waals surface area (Å²) in [5.41, 5.74) is 2.56. The molecule has 0 fully saturated rings. The molecule has 2 rings (SSSR count). The molecule has 0 aliphatic heterocycles. The molecule has 0 saturated heterocycles. The number of aryl methyl sites for hydroxylation is 1. The Morgan fingerprint density at radius 1 is 1.35 bits per heavy atom. The molecule has 0 saturated carbocycles. The highest BCUT2D eigenvalue weighted by atomic mass is 16.1. The molecule has 0 bridgehead atoms. The number of carbonyl (C=O) groups excluding carboxylic acids is 1. The molecule has 0 atom stereocenters.